The van der Waals surface area contributed by atoms with Crippen LogP contribution in [-0.4, -0.2) is 18.1 Å². The summed E-state index contributed by atoms with van der Waals surface area (Å²) < 4.78 is 0. The van der Waals surface area contributed by atoms with E-state index in [2.05, 4.69) is 5.32 Å². The van der Waals surface area contributed by atoms with Crippen molar-refractivity contribution in [3.8, 4) is 0 Å². The summed E-state index contributed by atoms with van der Waals surface area (Å²) in [6.45, 7) is 4.00. The fourth-order valence-corrected chi connectivity index (χ4v) is 2.12. The summed E-state index contributed by atoms with van der Waals surface area (Å²) in [6, 6.07) is 7.67. The van der Waals surface area contributed by atoms with Gasteiger partial charge in [-0.15, -0.1) is 0 Å². The highest BCUT2D eigenvalue weighted by molar-refractivity contribution is 5.98. The monoisotopic (exact) mass is 285 g/mol. The number of hydrogen-bond donors (Lipinski definition) is 2. The molecule has 1 aromatic carbocycles. The number of carbonyl (C=O) groups is 1. The van der Waals surface area contributed by atoms with Crippen LogP contribution in [0.25, 0.3) is 6.08 Å². The summed E-state index contributed by atoms with van der Waals surface area (Å²) in [4.78, 5) is 11.4. The molecule has 0 atom stereocenters. The van der Waals surface area contributed by atoms with Crippen molar-refractivity contribution in [2.45, 2.75) is 26.7 Å². The normalized spacial score (nSPS) is 13.9. The molecule has 0 radical (unpaired) electrons. The number of anilines is 1. The third kappa shape index (κ3) is 4.63. The van der Waals surface area contributed by atoms with E-state index in [1.165, 1.54) is 0 Å². The molecule has 0 amide bonds. The highest BCUT2D eigenvalue weighted by Gasteiger charge is 2.14. The van der Waals surface area contributed by atoms with Crippen LogP contribution < -0.4 is 5.32 Å². The number of benzene rings is 1. The van der Waals surface area contributed by atoms with E-state index in [9.17, 15) is 9.90 Å². The average molecular weight is 285 g/mol. The maximum absolute atomic E-state index is 11.4. The Morgan fingerprint density at radius 2 is 2.00 bits per heavy atom. The molecule has 0 unspecified atom stereocenters. The summed E-state index contributed by atoms with van der Waals surface area (Å²) >= 11 is 0. The van der Waals surface area contributed by atoms with Crippen LogP contribution in [-0.2, 0) is 4.79 Å². The van der Waals surface area contributed by atoms with Gasteiger partial charge < -0.3 is 10.4 Å². The van der Waals surface area contributed by atoms with E-state index < -0.39 is 5.97 Å². The lowest BCUT2D eigenvalue weighted by Gasteiger charge is -2.11. The van der Waals surface area contributed by atoms with Gasteiger partial charge in [-0.1, -0.05) is 50.3 Å². The predicted molar refractivity (Wildman–Crippen MR) is 89.4 cm³/mol. The molecule has 0 heterocycles. The SMILES string of the molecule is CC.CNc1ccccc1/C=C(/C(=O)O)C1=CC=CCC1. The summed E-state index contributed by atoms with van der Waals surface area (Å²) in [5.41, 5.74) is 3.05. The van der Waals surface area contributed by atoms with E-state index in [0.29, 0.717) is 5.57 Å². The highest BCUT2D eigenvalue weighted by Crippen LogP contribution is 2.25. The van der Waals surface area contributed by atoms with Crippen molar-refractivity contribution in [3.05, 3.63) is 59.2 Å². The van der Waals surface area contributed by atoms with Gasteiger partial charge in [0.05, 0.1) is 5.57 Å². The lowest BCUT2D eigenvalue weighted by atomic mass is 9.95. The van der Waals surface area contributed by atoms with Crippen LogP contribution in [0.4, 0.5) is 5.69 Å². The highest BCUT2D eigenvalue weighted by atomic mass is 16.4. The molecule has 3 nitrogen and oxygen atoms in total. The second-order valence-corrected chi connectivity index (χ2v) is 4.36. The second-order valence-electron chi connectivity index (χ2n) is 4.36. The van der Waals surface area contributed by atoms with E-state index >= 15 is 0 Å². The zero-order chi connectivity index (χ0) is 15.7. The molecule has 2 N–H and O–H groups in total. The minimum absolute atomic E-state index is 0.368. The van der Waals surface area contributed by atoms with Crippen LogP contribution in [0.15, 0.2) is 53.6 Å². The van der Waals surface area contributed by atoms with Gasteiger partial charge in [-0.25, -0.2) is 4.79 Å². The first-order chi connectivity index (χ1) is 10.2. The molecule has 0 aliphatic heterocycles. The van der Waals surface area contributed by atoms with Gasteiger partial charge in [-0.2, -0.15) is 0 Å². The van der Waals surface area contributed by atoms with Gasteiger partial charge >= 0.3 is 5.97 Å². The van der Waals surface area contributed by atoms with Crippen LogP contribution in [0, 0.1) is 0 Å². The second kappa shape index (κ2) is 8.80. The fourth-order valence-electron chi connectivity index (χ4n) is 2.12. The van der Waals surface area contributed by atoms with E-state index in [-0.39, 0.29) is 0 Å². The average Bonchev–Trinajstić information content (AvgIpc) is 2.55. The number of rotatable bonds is 4. The Bertz CT molecular complexity index is 568. The standard InChI is InChI=1S/C16H17NO2.C2H6/c1-17-15-10-6-5-9-13(15)11-14(16(18)19)12-7-3-2-4-8-12;1-2/h2-3,5-7,9-11,17H,4,8H2,1H3,(H,18,19);1-2H3/b14-11+;. The number of para-hydroxylation sites is 1. The van der Waals surface area contributed by atoms with Crippen molar-refractivity contribution in [2.75, 3.05) is 12.4 Å². The molecular weight excluding hydrogens is 262 g/mol. The summed E-state index contributed by atoms with van der Waals surface area (Å²) in [5, 5.41) is 12.5. The molecule has 0 spiro atoms. The van der Waals surface area contributed by atoms with Crippen molar-refractivity contribution in [2.24, 2.45) is 0 Å². The first kappa shape index (κ1) is 16.8. The zero-order valence-electron chi connectivity index (χ0n) is 12.9. The molecule has 1 aromatic rings. The summed E-state index contributed by atoms with van der Waals surface area (Å²) in [7, 11) is 1.83. The van der Waals surface area contributed by atoms with Crippen molar-refractivity contribution in [1.82, 2.24) is 0 Å². The van der Waals surface area contributed by atoms with E-state index in [1.54, 1.807) is 6.08 Å². The van der Waals surface area contributed by atoms with Crippen LogP contribution in [0.1, 0.15) is 32.3 Å². The number of nitrogens with one attached hydrogen (secondary N) is 1. The van der Waals surface area contributed by atoms with Crippen LogP contribution in [0.3, 0.4) is 0 Å². The van der Waals surface area contributed by atoms with Crippen LogP contribution in [0.2, 0.25) is 0 Å². The Kier molecular flexibility index (Phi) is 7.02. The number of allylic oxidation sites excluding steroid dienone is 3. The lowest BCUT2D eigenvalue weighted by molar-refractivity contribution is -0.132. The smallest absolute Gasteiger partial charge is 0.335 e. The number of hydrogen-bond acceptors (Lipinski definition) is 2. The molecule has 3 heteroatoms. The first-order valence-corrected chi connectivity index (χ1v) is 7.30. The third-order valence-corrected chi connectivity index (χ3v) is 3.12. The van der Waals surface area contributed by atoms with Gasteiger partial charge in [0.25, 0.3) is 0 Å². The van der Waals surface area contributed by atoms with Gasteiger partial charge in [0.1, 0.15) is 0 Å². The van der Waals surface area contributed by atoms with Crippen molar-refractivity contribution in [1.29, 1.82) is 0 Å². The summed E-state index contributed by atoms with van der Waals surface area (Å²) in [6.07, 6.45) is 9.25. The van der Waals surface area contributed by atoms with Gasteiger partial charge in [0.2, 0.25) is 0 Å². The Morgan fingerprint density at radius 1 is 1.29 bits per heavy atom. The maximum Gasteiger partial charge on any atom is 0.335 e. The van der Waals surface area contributed by atoms with Crippen molar-refractivity contribution >= 4 is 17.7 Å². The molecule has 0 saturated heterocycles. The zero-order valence-corrected chi connectivity index (χ0v) is 12.9. The predicted octanol–water partition coefficient (Wildman–Crippen LogP) is 4.50. The van der Waals surface area contributed by atoms with Crippen LogP contribution >= 0.6 is 0 Å². The van der Waals surface area contributed by atoms with Crippen LogP contribution in [0.5, 0.6) is 0 Å². The van der Waals surface area contributed by atoms with E-state index in [0.717, 1.165) is 29.7 Å². The largest absolute Gasteiger partial charge is 0.478 e. The molecule has 0 aromatic heterocycles. The molecule has 2 rings (SSSR count). The Balaban J connectivity index is 0.00000106. The van der Waals surface area contributed by atoms with Crippen molar-refractivity contribution in [3.63, 3.8) is 0 Å². The quantitative estimate of drug-likeness (QED) is 0.801. The topological polar surface area (TPSA) is 49.3 Å². The third-order valence-electron chi connectivity index (χ3n) is 3.12. The van der Waals surface area contributed by atoms with Gasteiger partial charge in [0, 0.05) is 12.7 Å². The molecule has 21 heavy (non-hydrogen) atoms. The fraction of sp³-hybridized carbons (Fsp3) is 0.278. The Morgan fingerprint density at radius 3 is 2.57 bits per heavy atom. The van der Waals surface area contributed by atoms with Crippen molar-refractivity contribution < 1.29 is 9.90 Å². The molecule has 0 saturated carbocycles. The summed E-state index contributed by atoms with van der Waals surface area (Å²) in [5.74, 6) is -0.882. The molecule has 1 aliphatic carbocycles. The van der Waals surface area contributed by atoms with Gasteiger partial charge in [-0.3, -0.25) is 0 Å². The molecular formula is C18H23NO2. The molecule has 112 valence electrons. The number of aliphatic carboxylic acids is 1. The minimum atomic E-state index is -0.882. The Hall–Kier alpha value is -2.29. The van der Waals surface area contributed by atoms with Gasteiger partial charge in [0.15, 0.2) is 0 Å². The first-order valence-electron chi connectivity index (χ1n) is 7.30. The molecule has 0 fully saturated rings. The lowest BCUT2D eigenvalue weighted by Crippen LogP contribution is -2.05. The maximum atomic E-state index is 11.4. The number of carboxylic acid groups (broad SMARTS) is 1. The molecule has 1 aliphatic rings. The number of carboxylic acids is 1. The minimum Gasteiger partial charge on any atom is -0.478 e. The van der Waals surface area contributed by atoms with Gasteiger partial charge in [-0.05, 0) is 36.1 Å². The molecule has 0 bridgehead atoms. The Labute approximate surface area is 126 Å². The van der Waals surface area contributed by atoms with E-state index in [1.807, 2.05) is 63.4 Å². The van der Waals surface area contributed by atoms with E-state index in [4.69, 9.17) is 0 Å².